The van der Waals surface area contributed by atoms with Crippen LogP contribution in [0.3, 0.4) is 0 Å². The summed E-state index contributed by atoms with van der Waals surface area (Å²) in [5.41, 5.74) is -4.20. The van der Waals surface area contributed by atoms with Crippen LogP contribution in [-0.4, -0.2) is 41.3 Å². The summed E-state index contributed by atoms with van der Waals surface area (Å²) in [6.45, 7) is 0.0993. The lowest BCUT2D eigenvalue weighted by Gasteiger charge is -2.23. The van der Waals surface area contributed by atoms with Crippen molar-refractivity contribution in [1.29, 1.82) is 0 Å². The summed E-state index contributed by atoms with van der Waals surface area (Å²) < 4.78 is 61.9. The molecule has 0 N–H and O–H groups in total. The van der Waals surface area contributed by atoms with Gasteiger partial charge in [0.05, 0.1) is 10.6 Å². The van der Waals surface area contributed by atoms with Crippen LogP contribution in [0.1, 0.15) is 18.4 Å². The van der Waals surface area contributed by atoms with Gasteiger partial charge >= 0.3 is 11.5 Å². The molecule has 2 heterocycles. The summed E-state index contributed by atoms with van der Waals surface area (Å²) in [6.07, 6.45) is 4.11. The van der Waals surface area contributed by atoms with Crippen LogP contribution in [-0.2, 0) is 21.2 Å². The van der Waals surface area contributed by atoms with Gasteiger partial charge in [0.1, 0.15) is 5.54 Å². The van der Waals surface area contributed by atoms with Gasteiger partial charge in [0.25, 0.3) is 15.7 Å². The molecule has 7 nitrogen and oxygen atoms in total. The van der Waals surface area contributed by atoms with Crippen molar-refractivity contribution >= 4 is 39.1 Å². The maximum atomic E-state index is 13.4. The van der Waals surface area contributed by atoms with Gasteiger partial charge in [-0.2, -0.15) is 13.2 Å². The third-order valence-corrected chi connectivity index (χ3v) is 8.12. The van der Waals surface area contributed by atoms with Crippen LogP contribution >= 0.6 is 11.6 Å². The van der Waals surface area contributed by atoms with Crippen LogP contribution in [0, 0.1) is 0 Å². The van der Waals surface area contributed by atoms with E-state index in [9.17, 15) is 31.2 Å². The lowest BCUT2D eigenvalue weighted by atomic mass is 10.0. The number of benzene rings is 2. The standard InChI is InChI=1S/C24H17ClF3N3O4S/c25-17-3-1-15(2-4-17)20-13-29-12-9-16(20)14-30-22(33)31(21(32)23(30)10-11-23)18-5-7-19(8-6-18)36(34,35)24(26,27)28/h1-9,12-13H,10-11,14H2. The maximum Gasteiger partial charge on any atom is 0.501 e. The third-order valence-electron chi connectivity index (χ3n) is 6.37. The van der Waals surface area contributed by atoms with Gasteiger partial charge < -0.3 is 4.90 Å². The van der Waals surface area contributed by atoms with Crippen LogP contribution in [0.4, 0.5) is 23.7 Å². The summed E-state index contributed by atoms with van der Waals surface area (Å²) in [5, 5.41) is 0.561. The Morgan fingerprint density at radius 3 is 2.19 bits per heavy atom. The molecule has 2 aromatic carbocycles. The molecular formula is C24H17ClF3N3O4S. The van der Waals surface area contributed by atoms with Crippen LogP contribution in [0.25, 0.3) is 11.1 Å². The molecule has 1 spiro atoms. The van der Waals surface area contributed by atoms with Gasteiger partial charge in [-0.25, -0.2) is 18.1 Å². The van der Waals surface area contributed by atoms with Crippen LogP contribution in [0.2, 0.25) is 5.02 Å². The Labute approximate surface area is 209 Å². The molecule has 2 fully saturated rings. The van der Waals surface area contributed by atoms with E-state index in [2.05, 4.69) is 4.98 Å². The molecule has 186 valence electrons. The molecule has 3 aromatic rings. The Kier molecular flexibility index (Phi) is 5.60. The molecule has 5 rings (SSSR count). The number of nitrogens with zero attached hydrogens (tertiary/aromatic N) is 3. The number of aromatic nitrogens is 1. The molecule has 1 aromatic heterocycles. The van der Waals surface area contributed by atoms with Crippen molar-refractivity contribution in [1.82, 2.24) is 9.88 Å². The minimum atomic E-state index is -5.55. The number of imide groups is 1. The number of amides is 3. The van der Waals surface area contributed by atoms with Gasteiger partial charge in [-0.15, -0.1) is 0 Å². The van der Waals surface area contributed by atoms with Gasteiger partial charge in [-0.1, -0.05) is 23.7 Å². The quantitative estimate of drug-likeness (QED) is 0.419. The smallest absolute Gasteiger partial charge is 0.305 e. The van der Waals surface area contributed by atoms with Crippen LogP contribution < -0.4 is 4.90 Å². The first-order chi connectivity index (χ1) is 17.0. The van der Waals surface area contributed by atoms with Crippen molar-refractivity contribution in [2.24, 2.45) is 0 Å². The highest BCUT2D eigenvalue weighted by molar-refractivity contribution is 7.92. The van der Waals surface area contributed by atoms with Gasteiger partial charge in [-0.3, -0.25) is 9.78 Å². The zero-order valence-electron chi connectivity index (χ0n) is 18.4. The largest absolute Gasteiger partial charge is 0.501 e. The molecule has 1 aliphatic heterocycles. The lowest BCUT2D eigenvalue weighted by molar-refractivity contribution is -0.120. The minimum absolute atomic E-state index is 0.00690. The molecule has 1 aliphatic carbocycles. The average molecular weight is 536 g/mol. The Hall–Kier alpha value is -3.44. The summed E-state index contributed by atoms with van der Waals surface area (Å²) in [4.78, 5) is 32.2. The predicted octanol–water partition coefficient (Wildman–Crippen LogP) is 5.20. The van der Waals surface area contributed by atoms with Crippen molar-refractivity contribution in [3.8, 4) is 11.1 Å². The highest BCUT2D eigenvalue weighted by atomic mass is 35.5. The zero-order chi connectivity index (χ0) is 25.9. The van der Waals surface area contributed by atoms with E-state index in [1.165, 1.54) is 4.90 Å². The second-order valence-corrected chi connectivity index (χ2v) is 10.9. The number of hydrogen-bond donors (Lipinski definition) is 0. The number of alkyl halides is 3. The van der Waals surface area contributed by atoms with E-state index in [4.69, 9.17) is 11.6 Å². The van der Waals surface area contributed by atoms with E-state index in [0.29, 0.717) is 17.9 Å². The Morgan fingerprint density at radius 2 is 1.61 bits per heavy atom. The van der Waals surface area contributed by atoms with Crippen molar-refractivity contribution < 1.29 is 31.2 Å². The Bertz CT molecular complexity index is 1470. The van der Waals surface area contributed by atoms with E-state index in [1.807, 2.05) is 12.1 Å². The molecular weight excluding hydrogens is 519 g/mol. The van der Waals surface area contributed by atoms with Gasteiger partial charge in [0.2, 0.25) is 0 Å². The average Bonchev–Trinajstić information content (AvgIpc) is 3.61. The van der Waals surface area contributed by atoms with E-state index >= 15 is 0 Å². The molecule has 12 heteroatoms. The number of sulfone groups is 1. The van der Waals surface area contributed by atoms with Gasteiger partial charge in [0, 0.05) is 29.5 Å². The first-order valence-electron chi connectivity index (χ1n) is 10.7. The van der Waals surface area contributed by atoms with E-state index in [0.717, 1.165) is 45.9 Å². The lowest BCUT2D eigenvalue weighted by Crippen LogP contribution is -2.36. The minimum Gasteiger partial charge on any atom is -0.305 e. The van der Waals surface area contributed by atoms with E-state index in [-0.39, 0.29) is 12.2 Å². The van der Waals surface area contributed by atoms with Gasteiger partial charge in [-0.05, 0) is 66.4 Å². The van der Waals surface area contributed by atoms with Crippen LogP contribution in [0.15, 0.2) is 71.9 Å². The second kappa shape index (κ2) is 8.31. The summed E-state index contributed by atoms with van der Waals surface area (Å²) in [7, 11) is -5.55. The number of halogens is 4. The summed E-state index contributed by atoms with van der Waals surface area (Å²) >= 11 is 5.99. The number of hydrogen-bond acceptors (Lipinski definition) is 5. The number of rotatable bonds is 5. The highest BCUT2D eigenvalue weighted by Gasteiger charge is 2.65. The number of carbonyl (C=O) groups excluding carboxylic acids is 2. The fourth-order valence-corrected chi connectivity index (χ4v) is 5.18. The van der Waals surface area contributed by atoms with Crippen molar-refractivity contribution in [3.63, 3.8) is 0 Å². The van der Waals surface area contributed by atoms with Crippen molar-refractivity contribution in [3.05, 3.63) is 77.6 Å². The maximum absolute atomic E-state index is 13.4. The van der Waals surface area contributed by atoms with Gasteiger partial charge in [0.15, 0.2) is 0 Å². The fourth-order valence-electron chi connectivity index (χ4n) is 4.29. The SMILES string of the molecule is O=C1N(c2ccc(S(=O)(=O)C(F)(F)F)cc2)C(=O)C2(CC2)N1Cc1ccncc1-c1ccc(Cl)cc1. The molecule has 0 bridgehead atoms. The van der Waals surface area contributed by atoms with Crippen LogP contribution in [0.5, 0.6) is 0 Å². The number of pyridine rings is 1. The molecule has 36 heavy (non-hydrogen) atoms. The zero-order valence-corrected chi connectivity index (χ0v) is 19.9. The Morgan fingerprint density at radius 1 is 0.972 bits per heavy atom. The number of carbonyl (C=O) groups is 2. The van der Waals surface area contributed by atoms with Crippen molar-refractivity contribution in [2.45, 2.75) is 35.3 Å². The van der Waals surface area contributed by atoms with E-state index in [1.54, 1.807) is 30.6 Å². The Balaban J connectivity index is 1.46. The summed E-state index contributed by atoms with van der Waals surface area (Å²) in [5.74, 6) is -0.499. The first-order valence-corrected chi connectivity index (χ1v) is 12.6. The number of urea groups is 1. The molecule has 0 radical (unpaired) electrons. The molecule has 3 amide bonds. The first kappa shape index (κ1) is 24.3. The molecule has 1 saturated carbocycles. The molecule has 0 unspecified atom stereocenters. The van der Waals surface area contributed by atoms with Crippen molar-refractivity contribution in [2.75, 3.05) is 4.90 Å². The monoisotopic (exact) mass is 535 g/mol. The highest BCUT2D eigenvalue weighted by Crippen LogP contribution is 2.50. The number of anilines is 1. The summed E-state index contributed by atoms with van der Waals surface area (Å²) in [6, 6.07) is 11.7. The topological polar surface area (TPSA) is 87.7 Å². The molecule has 2 aliphatic rings. The fraction of sp³-hybridized carbons (Fsp3) is 0.208. The molecule has 1 saturated heterocycles. The molecule has 0 atom stereocenters. The van der Waals surface area contributed by atoms with E-state index < -0.39 is 37.7 Å². The predicted molar refractivity (Wildman–Crippen MR) is 125 cm³/mol. The second-order valence-electron chi connectivity index (χ2n) is 8.52. The third kappa shape index (κ3) is 3.82. The normalized spacial score (nSPS) is 17.2.